The second kappa shape index (κ2) is 16.9. The van der Waals surface area contributed by atoms with E-state index in [4.69, 9.17) is 24.7 Å². The molecule has 11 nitrogen and oxygen atoms in total. The Bertz CT molecular complexity index is 599. The van der Waals surface area contributed by atoms with Gasteiger partial charge in [0, 0.05) is 30.4 Å². The molecule has 2 fully saturated rings. The van der Waals surface area contributed by atoms with Crippen LogP contribution in [0.3, 0.4) is 0 Å². The van der Waals surface area contributed by atoms with Crippen molar-refractivity contribution in [2.24, 2.45) is 5.73 Å². The molecule has 2 rings (SSSR count). The molecule has 190 valence electrons. The Morgan fingerprint density at radius 2 is 1.55 bits per heavy atom. The lowest BCUT2D eigenvalue weighted by Crippen LogP contribution is -2.36. The molecule has 4 amide bonds. The average Bonchev–Trinajstić information content (AvgIpc) is 3.33. The lowest BCUT2D eigenvalue weighted by Gasteiger charge is -2.16. The SMILES string of the molecule is NC(=O)CCOCCOCCOCCOCCNC(=O)CCCCC1SCC2NC(=O)NC21. The van der Waals surface area contributed by atoms with Gasteiger partial charge >= 0.3 is 6.03 Å². The first-order valence-electron chi connectivity index (χ1n) is 11.6. The minimum atomic E-state index is -0.378. The molecule has 0 saturated carbocycles. The number of fused-ring (bicyclic) bond motifs is 1. The molecule has 0 aromatic rings. The number of urea groups is 1. The fraction of sp³-hybridized carbons (Fsp3) is 0.857. The molecule has 2 heterocycles. The molecule has 2 saturated heterocycles. The van der Waals surface area contributed by atoms with E-state index in [9.17, 15) is 14.4 Å². The first kappa shape index (κ1) is 27.6. The first-order valence-corrected chi connectivity index (χ1v) is 12.7. The van der Waals surface area contributed by atoms with Crippen molar-refractivity contribution >= 4 is 29.6 Å². The van der Waals surface area contributed by atoms with Crippen molar-refractivity contribution in [2.45, 2.75) is 49.4 Å². The largest absolute Gasteiger partial charge is 0.379 e. The van der Waals surface area contributed by atoms with Crippen molar-refractivity contribution < 1.29 is 33.3 Å². The highest BCUT2D eigenvalue weighted by Crippen LogP contribution is 2.33. The van der Waals surface area contributed by atoms with Crippen LogP contribution in [-0.2, 0) is 28.5 Å². The van der Waals surface area contributed by atoms with Gasteiger partial charge in [0.15, 0.2) is 0 Å². The summed E-state index contributed by atoms with van der Waals surface area (Å²) in [5, 5.41) is 9.24. The summed E-state index contributed by atoms with van der Waals surface area (Å²) in [6.07, 6.45) is 3.56. The minimum absolute atomic E-state index is 0.0402. The van der Waals surface area contributed by atoms with Crippen LogP contribution in [-0.4, -0.2) is 100 Å². The number of thioether (sulfide) groups is 1. The summed E-state index contributed by atoms with van der Waals surface area (Å²) in [7, 11) is 0. The van der Waals surface area contributed by atoms with E-state index >= 15 is 0 Å². The second-order valence-corrected chi connectivity index (χ2v) is 9.16. The number of rotatable bonds is 20. The monoisotopic (exact) mass is 490 g/mol. The van der Waals surface area contributed by atoms with Gasteiger partial charge in [0.05, 0.1) is 64.9 Å². The van der Waals surface area contributed by atoms with Crippen LogP contribution in [0, 0.1) is 0 Å². The number of hydrogen-bond acceptors (Lipinski definition) is 8. The summed E-state index contributed by atoms with van der Waals surface area (Å²) in [4.78, 5) is 33.8. The minimum Gasteiger partial charge on any atom is -0.379 e. The highest BCUT2D eigenvalue weighted by atomic mass is 32.2. The Kier molecular flexibility index (Phi) is 14.2. The van der Waals surface area contributed by atoms with E-state index in [0.29, 0.717) is 71.1 Å². The average molecular weight is 491 g/mol. The normalized spacial score (nSPS) is 21.5. The van der Waals surface area contributed by atoms with Gasteiger partial charge in [-0.25, -0.2) is 4.79 Å². The summed E-state index contributed by atoms with van der Waals surface area (Å²) >= 11 is 1.90. The van der Waals surface area contributed by atoms with Crippen LogP contribution < -0.4 is 21.7 Å². The summed E-state index contributed by atoms with van der Waals surface area (Å²) in [6, 6.07) is 0.417. The van der Waals surface area contributed by atoms with Gasteiger partial charge in [0.1, 0.15) is 0 Å². The maximum atomic E-state index is 11.9. The van der Waals surface area contributed by atoms with Gasteiger partial charge in [0.2, 0.25) is 11.8 Å². The number of primary amides is 1. The molecule has 0 radical (unpaired) electrons. The molecule has 0 aromatic carbocycles. The number of hydrogen-bond donors (Lipinski definition) is 4. The molecule has 0 spiro atoms. The maximum Gasteiger partial charge on any atom is 0.315 e. The zero-order valence-electron chi connectivity index (χ0n) is 19.2. The lowest BCUT2D eigenvalue weighted by molar-refractivity contribution is -0.121. The fourth-order valence-corrected chi connectivity index (χ4v) is 5.10. The third-order valence-corrected chi connectivity index (χ3v) is 6.77. The molecule has 3 unspecified atom stereocenters. The molecular formula is C21H38N4O7S. The van der Waals surface area contributed by atoms with Crippen LogP contribution in [0.1, 0.15) is 32.1 Å². The van der Waals surface area contributed by atoms with E-state index in [2.05, 4.69) is 16.0 Å². The van der Waals surface area contributed by atoms with Crippen molar-refractivity contribution in [3.8, 4) is 0 Å². The van der Waals surface area contributed by atoms with Crippen molar-refractivity contribution in [3.63, 3.8) is 0 Å². The number of ether oxygens (including phenoxy) is 4. The number of carbonyl (C=O) groups is 3. The summed E-state index contributed by atoms with van der Waals surface area (Å²) < 4.78 is 21.3. The van der Waals surface area contributed by atoms with Crippen LogP contribution in [0.2, 0.25) is 0 Å². The molecule has 3 atom stereocenters. The van der Waals surface area contributed by atoms with E-state index in [-0.39, 0.29) is 36.3 Å². The molecule has 12 heteroatoms. The number of nitrogens with one attached hydrogen (secondary N) is 3. The van der Waals surface area contributed by atoms with Crippen molar-refractivity contribution in [1.82, 2.24) is 16.0 Å². The summed E-state index contributed by atoms with van der Waals surface area (Å²) in [6.45, 7) is 3.94. The predicted octanol–water partition coefficient (Wildman–Crippen LogP) is -0.230. The van der Waals surface area contributed by atoms with E-state index in [0.717, 1.165) is 25.0 Å². The highest BCUT2D eigenvalue weighted by molar-refractivity contribution is 8.00. The van der Waals surface area contributed by atoms with E-state index in [1.807, 2.05) is 11.8 Å². The molecule has 0 aromatic heterocycles. The van der Waals surface area contributed by atoms with Gasteiger partial charge in [-0.3, -0.25) is 9.59 Å². The summed E-state index contributed by atoms with van der Waals surface area (Å²) in [5.74, 6) is 0.624. The zero-order chi connectivity index (χ0) is 23.7. The number of nitrogens with two attached hydrogens (primary N) is 1. The Morgan fingerprint density at radius 3 is 2.21 bits per heavy atom. The molecule has 0 bridgehead atoms. The van der Waals surface area contributed by atoms with Gasteiger partial charge in [-0.15, -0.1) is 0 Å². The fourth-order valence-electron chi connectivity index (χ4n) is 3.56. The number of amides is 4. The number of carbonyl (C=O) groups excluding carboxylic acids is 3. The standard InChI is InChI=1S/C21H38N4O7S/c22-18(26)5-7-29-9-11-31-13-14-32-12-10-30-8-6-23-19(27)4-2-1-3-17-20-16(15-33-17)24-21(28)25-20/h16-17,20H,1-15H2,(H2,22,26)(H,23,27)(H2,24,25,28). The van der Waals surface area contributed by atoms with Crippen LogP contribution in [0.5, 0.6) is 0 Å². The lowest BCUT2D eigenvalue weighted by atomic mass is 10.0. The topological polar surface area (TPSA) is 150 Å². The molecule has 2 aliphatic heterocycles. The second-order valence-electron chi connectivity index (χ2n) is 7.88. The zero-order valence-corrected chi connectivity index (χ0v) is 20.0. The number of unbranched alkanes of at least 4 members (excludes halogenated alkanes) is 1. The van der Waals surface area contributed by atoms with Gasteiger partial charge in [0.25, 0.3) is 0 Å². The van der Waals surface area contributed by atoms with Crippen molar-refractivity contribution in [1.29, 1.82) is 0 Å². The van der Waals surface area contributed by atoms with E-state index in [1.54, 1.807) is 0 Å². The van der Waals surface area contributed by atoms with Crippen LogP contribution in [0.15, 0.2) is 0 Å². The maximum absolute atomic E-state index is 11.9. The van der Waals surface area contributed by atoms with Crippen LogP contribution >= 0.6 is 11.8 Å². The van der Waals surface area contributed by atoms with Gasteiger partial charge in [-0.05, 0) is 12.8 Å². The van der Waals surface area contributed by atoms with E-state index < -0.39 is 0 Å². The quantitative estimate of drug-likeness (QED) is 0.135. The third-order valence-electron chi connectivity index (χ3n) is 5.26. The van der Waals surface area contributed by atoms with Crippen LogP contribution in [0.25, 0.3) is 0 Å². The molecule has 5 N–H and O–H groups in total. The van der Waals surface area contributed by atoms with Gasteiger partial charge < -0.3 is 40.6 Å². The summed E-state index contributed by atoms with van der Waals surface area (Å²) in [5.41, 5.74) is 5.00. The Labute approximate surface area is 199 Å². The molecule has 0 aliphatic carbocycles. The van der Waals surface area contributed by atoms with E-state index in [1.165, 1.54) is 0 Å². The molecule has 2 aliphatic rings. The highest BCUT2D eigenvalue weighted by Gasteiger charge is 2.42. The molecular weight excluding hydrogens is 452 g/mol. The predicted molar refractivity (Wildman–Crippen MR) is 124 cm³/mol. The Hall–Kier alpha value is -1.60. The first-order chi connectivity index (χ1) is 16.1. The van der Waals surface area contributed by atoms with Gasteiger partial charge in [-0.2, -0.15) is 11.8 Å². The smallest absolute Gasteiger partial charge is 0.315 e. The Balaban J connectivity index is 1.28. The van der Waals surface area contributed by atoms with Crippen molar-refractivity contribution in [2.75, 3.05) is 65.2 Å². The van der Waals surface area contributed by atoms with Gasteiger partial charge in [-0.1, -0.05) is 6.42 Å². The van der Waals surface area contributed by atoms with Crippen LogP contribution in [0.4, 0.5) is 4.79 Å². The molecule has 33 heavy (non-hydrogen) atoms. The Morgan fingerprint density at radius 1 is 0.909 bits per heavy atom. The van der Waals surface area contributed by atoms with Crippen molar-refractivity contribution in [3.05, 3.63) is 0 Å². The third kappa shape index (κ3) is 12.4.